The average Bonchev–Trinajstić information content (AvgIpc) is 3.54. The van der Waals surface area contributed by atoms with E-state index in [4.69, 9.17) is 25.4 Å². The molecule has 2 unspecified atom stereocenters. The molecule has 2 aromatic carbocycles. The number of alkyl halides is 1. The number of benzene rings is 2. The number of nitrogens with one attached hydrogen (secondary N) is 1. The zero-order chi connectivity index (χ0) is 31.3. The molecule has 3 aromatic rings. The Labute approximate surface area is 251 Å². The van der Waals surface area contributed by atoms with Crippen LogP contribution in [0.5, 0.6) is 0 Å². The van der Waals surface area contributed by atoms with E-state index in [0.717, 1.165) is 4.90 Å². The largest absolute Gasteiger partial charge is 0.461 e. The molecule has 15 heteroatoms. The van der Waals surface area contributed by atoms with Crippen LogP contribution in [0.1, 0.15) is 43.2 Å². The second-order valence-corrected chi connectivity index (χ2v) is 12.0. The molecule has 232 valence electrons. The molecule has 0 aliphatic carbocycles. The maximum atomic E-state index is 14.5. The van der Waals surface area contributed by atoms with Crippen molar-refractivity contribution in [2.24, 2.45) is 0 Å². The van der Waals surface area contributed by atoms with Crippen molar-refractivity contribution in [3.8, 4) is 0 Å². The van der Waals surface area contributed by atoms with Gasteiger partial charge in [-0.1, -0.05) is 23.7 Å². The Morgan fingerprint density at radius 3 is 2.51 bits per heavy atom. The molecular weight excluding hydrogens is 609 g/mol. The van der Waals surface area contributed by atoms with Crippen molar-refractivity contribution >= 4 is 53.2 Å². The minimum Gasteiger partial charge on any atom is -0.461 e. The smallest absolute Gasteiger partial charge is 0.361 e. The number of esters is 1. The Hall–Kier alpha value is -3.38. The molecule has 0 radical (unpaired) electrons. The fraction of sp³-hybridized carbons (Fsp3) is 0.429. The monoisotopic (exact) mass is 640 g/mol. The van der Waals surface area contributed by atoms with Gasteiger partial charge >= 0.3 is 13.6 Å². The molecular formula is C28H32ClF2N4O7P. The van der Waals surface area contributed by atoms with Crippen LogP contribution in [-0.4, -0.2) is 71.0 Å². The number of likely N-dealkylation sites (tertiary alicyclic amines) is 1. The molecule has 2 atom stereocenters. The number of amides is 2. The first kappa shape index (κ1) is 32.5. The number of halogens is 3. The van der Waals surface area contributed by atoms with Gasteiger partial charge in [-0.25, -0.2) is 13.6 Å². The Morgan fingerprint density at radius 1 is 1.12 bits per heavy atom. The van der Waals surface area contributed by atoms with Gasteiger partial charge in [0.2, 0.25) is 11.8 Å². The molecule has 1 saturated heterocycles. The molecule has 1 aliphatic rings. The number of fused-ring (bicyclic) bond motifs is 1. The van der Waals surface area contributed by atoms with E-state index in [1.807, 2.05) is 0 Å². The first-order chi connectivity index (χ1) is 20.5. The summed E-state index contributed by atoms with van der Waals surface area (Å²) >= 11 is 5.81. The van der Waals surface area contributed by atoms with Crippen LogP contribution in [-0.2, 0) is 41.0 Å². The highest BCUT2D eigenvalue weighted by atomic mass is 35.5. The van der Waals surface area contributed by atoms with Crippen molar-refractivity contribution in [2.75, 3.05) is 26.4 Å². The second-order valence-electron chi connectivity index (χ2n) is 9.59. The number of aromatic nitrogens is 2. The summed E-state index contributed by atoms with van der Waals surface area (Å²) in [6.45, 7) is 4.21. The van der Waals surface area contributed by atoms with E-state index in [1.54, 1.807) is 20.8 Å². The van der Waals surface area contributed by atoms with Gasteiger partial charge in [0.05, 0.1) is 42.2 Å². The number of hydrogen-bond acceptors (Lipinski definition) is 8. The van der Waals surface area contributed by atoms with Crippen LogP contribution in [0.2, 0.25) is 5.02 Å². The van der Waals surface area contributed by atoms with Crippen molar-refractivity contribution in [2.45, 2.75) is 52.5 Å². The molecule has 0 spiro atoms. The normalized spacial score (nSPS) is 16.9. The number of rotatable bonds is 12. The molecule has 2 heterocycles. The third-order valence-electron chi connectivity index (χ3n) is 6.76. The van der Waals surface area contributed by atoms with Crippen LogP contribution in [0.3, 0.4) is 0 Å². The molecule has 1 aliphatic heterocycles. The zero-order valence-electron chi connectivity index (χ0n) is 23.8. The number of ether oxygens (including phenoxy) is 1. The van der Waals surface area contributed by atoms with Crippen LogP contribution < -0.4 is 10.6 Å². The zero-order valence-corrected chi connectivity index (χ0v) is 25.5. The molecule has 0 bridgehead atoms. The van der Waals surface area contributed by atoms with E-state index in [1.165, 1.54) is 41.1 Å². The van der Waals surface area contributed by atoms with Crippen LogP contribution in [0, 0.1) is 5.82 Å². The fourth-order valence-electron chi connectivity index (χ4n) is 4.84. The lowest BCUT2D eigenvalue weighted by Gasteiger charge is -2.24. The number of carbonyl (C=O) groups is 3. The Kier molecular flexibility index (Phi) is 10.5. The van der Waals surface area contributed by atoms with Crippen LogP contribution in [0.4, 0.5) is 8.78 Å². The summed E-state index contributed by atoms with van der Waals surface area (Å²) in [6.07, 6.45) is -1.72. The van der Waals surface area contributed by atoms with Gasteiger partial charge in [-0.15, -0.1) is 0 Å². The molecule has 0 saturated carbocycles. The van der Waals surface area contributed by atoms with Crippen LogP contribution in [0.15, 0.2) is 36.4 Å². The lowest BCUT2D eigenvalue weighted by atomic mass is 10.1. The first-order valence-electron chi connectivity index (χ1n) is 13.7. The Balaban J connectivity index is 1.63. The summed E-state index contributed by atoms with van der Waals surface area (Å²) in [5.74, 6) is -2.74. The lowest BCUT2D eigenvalue weighted by molar-refractivity contribution is -0.139. The molecule has 1 aromatic heterocycles. The highest BCUT2D eigenvalue weighted by molar-refractivity contribution is 7.62. The van der Waals surface area contributed by atoms with Gasteiger partial charge < -0.3 is 24.0 Å². The van der Waals surface area contributed by atoms with E-state index in [9.17, 15) is 27.7 Å². The van der Waals surface area contributed by atoms with E-state index in [-0.39, 0.29) is 66.4 Å². The SMILES string of the molecule is CCOC(=O)c1nn(CC(=O)N2CC(F)CC2C(=O)NCc2cccc(Cl)c2F)c2cc(P(=O)(OCC)OCC)ccc12. The van der Waals surface area contributed by atoms with Gasteiger partial charge in [0.15, 0.2) is 5.69 Å². The molecule has 11 nitrogen and oxygen atoms in total. The first-order valence-corrected chi connectivity index (χ1v) is 15.7. The highest BCUT2D eigenvalue weighted by Crippen LogP contribution is 2.47. The summed E-state index contributed by atoms with van der Waals surface area (Å²) in [6, 6.07) is 7.64. The van der Waals surface area contributed by atoms with Crippen molar-refractivity contribution in [1.82, 2.24) is 20.0 Å². The minimum atomic E-state index is -3.74. The molecule has 2 amide bonds. The predicted octanol–water partition coefficient (Wildman–Crippen LogP) is 4.15. The number of nitrogens with zero attached hydrogens (tertiary/aromatic N) is 3. The van der Waals surface area contributed by atoms with E-state index in [0.29, 0.717) is 5.39 Å². The second kappa shape index (κ2) is 13.9. The number of hydrogen-bond donors (Lipinski definition) is 1. The summed E-state index contributed by atoms with van der Waals surface area (Å²) < 4.78 is 59.5. The molecule has 43 heavy (non-hydrogen) atoms. The van der Waals surface area contributed by atoms with Gasteiger partial charge in [-0.3, -0.25) is 18.8 Å². The van der Waals surface area contributed by atoms with E-state index in [2.05, 4.69) is 10.4 Å². The maximum Gasteiger partial charge on any atom is 0.361 e. The minimum absolute atomic E-state index is 0.0790. The topological polar surface area (TPSA) is 129 Å². The Bertz CT molecular complexity index is 1560. The highest BCUT2D eigenvalue weighted by Gasteiger charge is 2.40. The van der Waals surface area contributed by atoms with Crippen LogP contribution in [0.25, 0.3) is 10.9 Å². The standard InChI is InChI=1S/C28H32ClF2N4O7P/c1-4-40-28(38)26-20-11-10-19(43(39,41-5-2)42-6-3)13-22(20)35(33-26)16-24(36)34-15-18(30)12-23(34)27(37)32-14-17-8-7-9-21(29)25(17)31/h7-11,13,18,23H,4-6,12,14-16H2,1-3H3,(H,32,37). The van der Waals surface area contributed by atoms with Crippen LogP contribution >= 0.6 is 19.2 Å². The summed E-state index contributed by atoms with van der Waals surface area (Å²) in [5.41, 5.74) is 0.304. The molecule has 1 N–H and O–H groups in total. The van der Waals surface area contributed by atoms with Crippen molar-refractivity contribution < 1.29 is 41.5 Å². The lowest BCUT2D eigenvalue weighted by Crippen LogP contribution is -2.46. The Morgan fingerprint density at radius 2 is 1.84 bits per heavy atom. The van der Waals surface area contributed by atoms with E-state index < -0.39 is 50.0 Å². The van der Waals surface area contributed by atoms with Gasteiger partial charge in [-0.2, -0.15) is 5.10 Å². The van der Waals surface area contributed by atoms with Crippen molar-refractivity contribution in [1.29, 1.82) is 0 Å². The fourth-order valence-corrected chi connectivity index (χ4v) is 6.63. The van der Waals surface area contributed by atoms with Gasteiger partial charge in [0, 0.05) is 23.9 Å². The van der Waals surface area contributed by atoms with Crippen molar-refractivity contribution in [3.63, 3.8) is 0 Å². The van der Waals surface area contributed by atoms with Gasteiger partial charge in [-0.05, 0) is 45.0 Å². The summed E-state index contributed by atoms with van der Waals surface area (Å²) in [5, 5.41) is 7.23. The van der Waals surface area contributed by atoms with Gasteiger partial charge in [0.25, 0.3) is 0 Å². The number of carbonyl (C=O) groups excluding carboxylic acids is 3. The summed E-state index contributed by atoms with van der Waals surface area (Å²) in [4.78, 5) is 40.3. The van der Waals surface area contributed by atoms with Crippen molar-refractivity contribution in [3.05, 3.63) is 58.5 Å². The van der Waals surface area contributed by atoms with Gasteiger partial charge in [0.1, 0.15) is 24.6 Å². The molecule has 4 rings (SSSR count). The molecule has 1 fully saturated rings. The maximum absolute atomic E-state index is 14.5. The average molecular weight is 641 g/mol. The summed E-state index contributed by atoms with van der Waals surface area (Å²) in [7, 11) is -3.74. The quantitative estimate of drug-likeness (QED) is 0.231. The third-order valence-corrected chi connectivity index (χ3v) is 9.16. The van der Waals surface area contributed by atoms with E-state index >= 15 is 0 Å². The third kappa shape index (κ3) is 7.06. The predicted molar refractivity (Wildman–Crippen MR) is 154 cm³/mol.